The van der Waals surface area contributed by atoms with Gasteiger partial charge in [-0.3, -0.25) is 4.68 Å². The first-order chi connectivity index (χ1) is 13.2. The zero-order chi connectivity index (χ0) is 18.6. The molecule has 0 spiro atoms. The van der Waals surface area contributed by atoms with Gasteiger partial charge in [0.25, 0.3) is 0 Å². The number of para-hydroxylation sites is 1. The van der Waals surface area contributed by atoms with E-state index in [-0.39, 0.29) is 0 Å². The van der Waals surface area contributed by atoms with Crippen LogP contribution in [-0.4, -0.2) is 36.1 Å². The first-order valence-electron chi connectivity index (χ1n) is 8.74. The summed E-state index contributed by atoms with van der Waals surface area (Å²) in [4.78, 5) is 8.96. The second-order valence-electron chi connectivity index (χ2n) is 6.23. The lowest BCUT2D eigenvalue weighted by molar-refractivity contribution is 0.585. The Kier molecular flexibility index (Phi) is 4.67. The Labute approximate surface area is 156 Å². The van der Waals surface area contributed by atoms with Crippen LogP contribution in [0.5, 0.6) is 0 Å². The third kappa shape index (κ3) is 3.72. The van der Waals surface area contributed by atoms with Crippen molar-refractivity contribution >= 4 is 28.4 Å². The van der Waals surface area contributed by atoms with E-state index in [0.29, 0.717) is 19.0 Å². The van der Waals surface area contributed by atoms with E-state index in [1.54, 1.807) is 18.6 Å². The highest BCUT2D eigenvalue weighted by Gasteiger charge is 2.09. The molecular weight excluding hydrogens is 342 g/mol. The predicted octanol–water partition coefficient (Wildman–Crippen LogP) is 1.75. The lowest BCUT2D eigenvalue weighted by atomic mass is 10.2. The van der Waals surface area contributed by atoms with Crippen molar-refractivity contribution in [2.24, 2.45) is 5.73 Å². The average Bonchev–Trinajstić information content (AvgIpc) is 3.29. The average molecular weight is 363 g/mol. The van der Waals surface area contributed by atoms with Crippen LogP contribution in [0.25, 0.3) is 11.0 Å². The van der Waals surface area contributed by atoms with Gasteiger partial charge in [-0.2, -0.15) is 15.2 Å². The zero-order valence-corrected chi connectivity index (χ0v) is 14.8. The lowest BCUT2D eigenvalue weighted by Gasteiger charge is -2.07. The summed E-state index contributed by atoms with van der Waals surface area (Å²) < 4.78 is 3.66. The summed E-state index contributed by atoms with van der Waals surface area (Å²) in [5, 5.41) is 12.8. The lowest BCUT2D eigenvalue weighted by Crippen LogP contribution is -2.06. The van der Waals surface area contributed by atoms with E-state index in [9.17, 15) is 0 Å². The van der Waals surface area contributed by atoms with Gasteiger partial charge in [0.2, 0.25) is 5.95 Å². The second-order valence-corrected chi connectivity index (χ2v) is 6.23. The number of fused-ring (bicyclic) bond motifs is 1. The molecule has 0 unspecified atom stereocenters. The maximum Gasteiger partial charge on any atom is 0.229 e. The molecule has 0 aliphatic rings. The monoisotopic (exact) mass is 363 g/mol. The molecule has 0 fully saturated rings. The van der Waals surface area contributed by atoms with Gasteiger partial charge in [-0.05, 0) is 24.6 Å². The van der Waals surface area contributed by atoms with Crippen molar-refractivity contribution in [2.45, 2.75) is 19.5 Å². The number of nitrogen functional groups attached to an aromatic ring is 1. The topological polar surface area (TPSA) is 125 Å². The molecule has 0 amide bonds. The van der Waals surface area contributed by atoms with Gasteiger partial charge in [-0.25, -0.2) is 9.67 Å². The van der Waals surface area contributed by atoms with Gasteiger partial charge in [0.05, 0.1) is 30.0 Å². The highest BCUT2D eigenvalue weighted by Crippen LogP contribution is 2.18. The second kappa shape index (κ2) is 7.42. The van der Waals surface area contributed by atoms with E-state index in [0.717, 1.165) is 40.9 Å². The fraction of sp³-hybridized carbons (Fsp3) is 0.222. The number of nitrogens with two attached hydrogens (primary N) is 2. The molecule has 0 saturated heterocycles. The number of benzene rings is 1. The zero-order valence-electron chi connectivity index (χ0n) is 14.8. The van der Waals surface area contributed by atoms with Gasteiger partial charge in [0.15, 0.2) is 5.65 Å². The minimum Gasteiger partial charge on any atom is -0.398 e. The highest BCUT2D eigenvalue weighted by atomic mass is 15.3. The molecule has 9 heteroatoms. The molecule has 1 aromatic carbocycles. The van der Waals surface area contributed by atoms with Crippen LogP contribution in [0.3, 0.4) is 0 Å². The van der Waals surface area contributed by atoms with Gasteiger partial charge in [0, 0.05) is 24.6 Å². The Bertz CT molecular complexity index is 1050. The maximum atomic E-state index is 6.05. The van der Waals surface area contributed by atoms with Crippen LogP contribution in [-0.2, 0) is 13.1 Å². The Balaban J connectivity index is 1.56. The third-order valence-corrected chi connectivity index (χ3v) is 4.23. The van der Waals surface area contributed by atoms with E-state index in [1.165, 1.54) is 0 Å². The van der Waals surface area contributed by atoms with Crippen molar-refractivity contribution in [2.75, 3.05) is 17.6 Å². The molecule has 0 aliphatic carbocycles. The van der Waals surface area contributed by atoms with Gasteiger partial charge < -0.3 is 16.8 Å². The summed E-state index contributed by atoms with van der Waals surface area (Å²) in [6.45, 7) is 1.96. The van der Waals surface area contributed by atoms with Crippen molar-refractivity contribution in [1.29, 1.82) is 0 Å². The Morgan fingerprint density at radius 3 is 2.81 bits per heavy atom. The molecule has 0 saturated carbocycles. The van der Waals surface area contributed by atoms with Crippen molar-refractivity contribution in [1.82, 2.24) is 29.5 Å². The molecule has 27 heavy (non-hydrogen) atoms. The van der Waals surface area contributed by atoms with Crippen molar-refractivity contribution in [3.8, 4) is 0 Å². The van der Waals surface area contributed by atoms with Crippen LogP contribution in [0.2, 0.25) is 0 Å². The van der Waals surface area contributed by atoms with E-state index in [4.69, 9.17) is 11.5 Å². The van der Waals surface area contributed by atoms with Gasteiger partial charge in [0.1, 0.15) is 0 Å². The number of rotatable bonds is 7. The number of aromatic nitrogens is 6. The van der Waals surface area contributed by atoms with Crippen LogP contribution < -0.4 is 16.8 Å². The summed E-state index contributed by atoms with van der Waals surface area (Å²) in [6.07, 6.45) is 8.03. The van der Waals surface area contributed by atoms with Gasteiger partial charge >= 0.3 is 0 Å². The van der Waals surface area contributed by atoms with E-state index < -0.39 is 0 Å². The fourth-order valence-electron chi connectivity index (χ4n) is 2.81. The SMILES string of the molecule is NCCCn1cc(Nc2ncc3cnn(Cc4ccccc4N)c3n2)cn1. The summed E-state index contributed by atoms with van der Waals surface area (Å²) >= 11 is 0. The quantitative estimate of drug-likeness (QED) is 0.427. The number of hydrogen-bond acceptors (Lipinski definition) is 7. The van der Waals surface area contributed by atoms with Crippen LogP contribution >= 0.6 is 0 Å². The van der Waals surface area contributed by atoms with Crippen LogP contribution in [0.15, 0.2) is 49.1 Å². The summed E-state index contributed by atoms with van der Waals surface area (Å²) in [5.74, 6) is 0.489. The standard InChI is InChI=1S/C18H21N9/c19-6-3-7-26-12-15(10-22-26)24-18-21-8-14-9-23-27(17(14)25-18)11-13-4-1-2-5-16(13)20/h1-2,4-5,8-10,12H,3,6-7,11,19-20H2,(H,21,24,25). The van der Waals surface area contributed by atoms with E-state index in [1.807, 2.05) is 39.8 Å². The van der Waals surface area contributed by atoms with Crippen molar-refractivity contribution in [3.63, 3.8) is 0 Å². The molecular formula is C18H21N9. The smallest absolute Gasteiger partial charge is 0.229 e. The predicted molar refractivity (Wildman–Crippen MR) is 104 cm³/mol. The third-order valence-electron chi connectivity index (χ3n) is 4.23. The molecule has 0 aliphatic heterocycles. The number of aryl methyl sites for hydroxylation is 1. The normalized spacial score (nSPS) is 11.1. The first kappa shape index (κ1) is 17.0. The van der Waals surface area contributed by atoms with E-state index >= 15 is 0 Å². The summed E-state index contributed by atoms with van der Waals surface area (Å²) in [5.41, 5.74) is 14.9. The molecule has 0 radical (unpaired) electrons. The molecule has 0 bridgehead atoms. The molecule has 3 heterocycles. The van der Waals surface area contributed by atoms with Crippen LogP contribution in [0.4, 0.5) is 17.3 Å². The largest absolute Gasteiger partial charge is 0.398 e. The summed E-state index contributed by atoms with van der Waals surface area (Å²) in [6, 6.07) is 7.74. The number of nitrogens with one attached hydrogen (secondary N) is 1. The molecule has 9 nitrogen and oxygen atoms in total. The minimum absolute atomic E-state index is 0.489. The van der Waals surface area contributed by atoms with Crippen molar-refractivity contribution in [3.05, 3.63) is 54.6 Å². The molecule has 4 aromatic rings. The fourth-order valence-corrected chi connectivity index (χ4v) is 2.81. The Morgan fingerprint density at radius 2 is 1.96 bits per heavy atom. The first-order valence-corrected chi connectivity index (χ1v) is 8.74. The molecule has 4 rings (SSSR count). The molecule has 0 atom stereocenters. The van der Waals surface area contributed by atoms with Crippen molar-refractivity contribution < 1.29 is 0 Å². The van der Waals surface area contributed by atoms with Crippen LogP contribution in [0.1, 0.15) is 12.0 Å². The van der Waals surface area contributed by atoms with Gasteiger partial charge in [-0.15, -0.1) is 0 Å². The molecule has 5 N–H and O–H groups in total. The maximum absolute atomic E-state index is 6.05. The number of anilines is 3. The number of hydrogen-bond donors (Lipinski definition) is 3. The van der Waals surface area contributed by atoms with Crippen LogP contribution in [0, 0.1) is 0 Å². The molecule has 3 aromatic heterocycles. The summed E-state index contributed by atoms with van der Waals surface area (Å²) in [7, 11) is 0. The highest BCUT2D eigenvalue weighted by molar-refractivity contribution is 5.75. The Hall–Kier alpha value is -3.46. The Morgan fingerprint density at radius 1 is 1.07 bits per heavy atom. The molecule has 138 valence electrons. The van der Waals surface area contributed by atoms with Gasteiger partial charge in [-0.1, -0.05) is 18.2 Å². The minimum atomic E-state index is 0.489. The number of nitrogens with zero attached hydrogens (tertiary/aromatic N) is 6. The van der Waals surface area contributed by atoms with E-state index in [2.05, 4.69) is 25.5 Å².